The number of hydrogen-bond donors (Lipinski definition) is 8. The molecule has 26 nitrogen and oxygen atoms in total. The quantitative estimate of drug-likeness (QED) is 0.00415. The Hall–Kier alpha value is -11.0. The molecule has 7 rings (SSSR count). The van der Waals surface area contributed by atoms with Crippen molar-refractivity contribution in [2.24, 2.45) is 5.73 Å². The third-order valence-electron chi connectivity index (χ3n) is 10.6. The van der Waals surface area contributed by atoms with E-state index in [0.717, 1.165) is 48.9 Å². The minimum absolute atomic E-state index is 0.0241. The molecular weight excluding hydrogens is 1180 g/mol. The number of nitrogen functional groups attached to an aromatic ring is 3. The van der Waals surface area contributed by atoms with E-state index in [1.165, 1.54) is 67.0 Å². The minimum Gasteiger partial charge on any atom is -0.501 e. The number of anilines is 2. The van der Waals surface area contributed by atoms with Crippen molar-refractivity contribution >= 4 is 57.7 Å². The fraction of sp³-hybridized carbons (Fsp3) is 0.170. The second kappa shape index (κ2) is 33.9. The Bertz CT molecular complexity index is 3660. The summed E-state index contributed by atoms with van der Waals surface area (Å²) in [4.78, 5) is 97.6. The number of benzene rings is 4. The number of aliphatic hydroxyl groups excluding tert-OH is 3. The highest BCUT2D eigenvalue weighted by Crippen LogP contribution is 2.29. The number of allylic oxidation sites excluding steroid dienone is 1. The van der Waals surface area contributed by atoms with Crippen molar-refractivity contribution in [3.05, 3.63) is 187 Å². The van der Waals surface area contributed by atoms with Gasteiger partial charge in [0.25, 0.3) is 37.1 Å². The number of carbonyl (C=O) groups is 5. The third-order valence-corrected chi connectivity index (χ3v) is 10.6. The Morgan fingerprint density at radius 2 is 0.931 bits per heavy atom. The number of rotatable bonds is 20. The molecule has 0 fully saturated rings. The topological polar surface area (TPSA) is 441 Å². The number of nitro groups is 2. The molecule has 34 heteroatoms. The number of aliphatic hydroxyl groups is 3. The lowest BCUT2D eigenvalue weighted by atomic mass is 10.1. The average Bonchev–Trinajstić information content (AvgIpc) is 2.31. The maximum Gasteiger partial charge on any atom is 0.337 e. The second-order valence-corrected chi connectivity index (χ2v) is 16.3. The van der Waals surface area contributed by atoms with E-state index in [0.29, 0.717) is 23.8 Å². The Balaban J connectivity index is 0.000000290. The molecule has 0 amide bonds. The van der Waals surface area contributed by atoms with Gasteiger partial charge in [-0.2, -0.15) is 0 Å². The van der Waals surface area contributed by atoms with E-state index in [1.54, 1.807) is 6.92 Å². The van der Waals surface area contributed by atoms with Crippen LogP contribution in [0.25, 0.3) is 34.2 Å². The number of alkyl halides is 8. The molecule has 11 N–H and O–H groups in total. The van der Waals surface area contributed by atoms with Crippen LogP contribution in [0.3, 0.4) is 0 Å². The van der Waals surface area contributed by atoms with Gasteiger partial charge in [-0.1, -0.05) is 18.2 Å². The highest BCUT2D eigenvalue weighted by Gasteiger charge is 2.23. The molecule has 0 radical (unpaired) electrons. The average molecular weight is 1230 g/mol. The summed E-state index contributed by atoms with van der Waals surface area (Å²) in [7, 11) is 0. The maximum absolute atomic E-state index is 12.6. The number of nitro benzene ring substituents is 2. The molecule has 3 aromatic heterocycles. The smallest absolute Gasteiger partial charge is 0.337 e. The van der Waals surface area contributed by atoms with Gasteiger partial charge < -0.3 is 42.4 Å². The number of ether oxygens (including phenoxy) is 1. The minimum atomic E-state index is -2.93. The number of hydrogen-bond acceptors (Lipinski definition) is 22. The molecule has 3 heterocycles. The first kappa shape index (κ1) is 70.3. The van der Waals surface area contributed by atoms with Gasteiger partial charge in [0, 0.05) is 76.0 Å². The van der Waals surface area contributed by atoms with Crippen LogP contribution in [0.15, 0.2) is 122 Å². The molecule has 458 valence electrons. The second-order valence-electron chi connectivity index (χ2n) is 16.3. The molecule has 87 heavy (non-hydrogen) atoms. The van der Waals surface area contributed by atoms with E-state index in [9.17, 15) is 79.3 Å². The lowest BCUT2D eigenvalue weighted by Crippen LogP contribution is -2.13. The number of ketones is 4. The van der Waals surface area contributed by atoms with Crippen LogP contribution in [0.5, 0.6) is 0 Å². The van der Waals surface area contributed by atoms with E-state index < -0.39 is 107 Å². The van der Waals surface area contributed by atoms with E-state index >= 15 is 0 Å². The summed E-state index contributed by atoms with van der Waals surface area (Å²) in [5, 5.41) is 63.9. The number of nitrogens with two attached hydrogens (primary N) is 3. The van der Waals surface area contributed by atoms with Crippen LogP contribution in [0.1, 0.15) is 90.3 Å². The van der Waals surface area contributed by atoms with Crippen molar-refractivity contribution in [2.75, 3.05) is 37.9 Å². The van der Waals surface area contributed by atoms with Crippen molar-refractivity contribution in [3.8, 4) is 34.2 Å². The summed E-state index contributed by atoms with van der Waals surface area (Å²) in [6, 6.07) is 18.6. The molecule has 0 aliphatic carbocycles. The summed E-state index contributed by atoms with van der Waals surface area (Å²) < 4.78 is 103. The van der Waals surface area contributed by atoms with Crippen molar-refractivity contribution in [3.63, 3.8) is 0 Å². The lowest BCUT2D eigenvalue weighted by molar-refractivity contribution is -0.385. The van der Waals surface area contributed by atoms with Gasteiger partial charge in [-0.3, -0.25) is 44.8 Å². The number of carbonyl (C=O) groups excluding carboxylic acids is 4. The van der Waals surface area contributed by atoms with Crippen LogP contribution in [-0.2, 0) is 9.53 Å². The molecule has 0 spiro atoms. The van der Waals surface area contributed by atoms with Crippen molar-refractivity contribution in [1.82, 2.24) is 29.9 Å². The van der Waals surface area contributed by atoms with Crippen molar-refractivity contribution < 1.29 is 94.1 Å². The van der Waals surface area contributed by atoms with Gasteiger partial charge in [0.15, 0.2) is 34.8 Å². The van der Waals surface area contributed by atoms with Gasteiger partial charge in [0.05, 0.1) is 39.4 Å². The van der Waals surface area contributed by atoms with Gasteiger partial charge in [-0.15, -0.1) is 0 Å². The predicted molar refractivity (Wildman–Crippen MR) is 290 cm³/mol. The van der Waals surface area contributed by atoms with Crippen LogP contribution in [-0.4, -0.2) is 128 Å². The molecule has 0 aliphatic rings. The first-order valence-electron chi connectivity index (χ1n) is 23.9. The monoisotopic (exact) mass is 1230 g/mol. The standard InChI is InChI=1S/C13H9F2N3O4.C13H11F2N3O2.C12H9F2N3O2.C9H9N3O4.C6H8F2O2/c14-12(15)9-3-4-16-13(17-9)7-1-2-8(11(20)6-19)10(5-7)18(21)22;14-12(15)10-3-4-17-13(18-10)7-1-2-8(9(16)5-7)11(20)6-19;13-10(14)9-3-4-16-11(17-9)6-1-2-7(12(18)19)8(15)5-6;10-9(11)5-1-2-6(8(14)4-13)7(3-5)12(15)16;1-2-10-4-3-5(9)6(7)8/h1-5,12,19H,6H2;1-5,12,19H,6,16H2;1-5,10H,15H2,(H,18,19);1-3,13H,4H2,(H3,10,11);3-4,6H,2H2,1H3/b;;;;4-3+. The zero-order valence-electron chi connectivity index (χ0n) is 44.4. The van der Waals surface area contributed by atoms with Crippen molar-refractivity contribution in [1.29, 1.82) is 5.41 Å². The van der Waals surface area contributed by atoms with Gasteiger partial charge in [-0.05, 0) is 67.6 Å². The summed E-state index contributed by atoms with van der Waals surface area (Å²) in [6.07, 6.45) is -5.88. The van der Waals surface area contributed by atoms with Gasteiger partial charge >= 0.3 is 5.97 Å². The van der Waals surface area contributed by atoms with Crippen LogP contribution < -0.4 is 17.2 Å². The van der Waals surface area contributed by atoms with Gasteiger partial charge in [0.2, 0.25) is 5.78 Å². The number of carboxylic acids is 1. The summed E-state index contributed by atoms with van der Waals surface area (Å²) in [5.74, 6) is -4.76. The number of aromatic carboxylic acids is 1. The Morgan fingerprint density at radius 3 is 1.26 bits per heavy atom. The summed E-state index contributed by atoms with van der Waals surface area (Å²) in [5.41, 5.74) is 15.0. The number of halogens is 8. The molecule has 0 atom stereocenters. The zero-order chi connectivity index (χ0) is 65.2. The highest BCUT2D eigenvalue weighted by atomic mass is 19.3. The van der Waals surface area contributed by atoms with Crippen LogP contribution in [0, 0.1) is 25.6 Å². The number of Topliss-reactive ketones (excluding diaryl/α,β-unsaturated/α-hetero) is 3. The largest absolute Gasteiger partial charge is 0.501 e. The van der Waals surface area contributed by atoms with Crippen molar-refractivity contribution in [2.45, 2.75) is 32.6 Å². The number of nitrogens with zero attached hydrogens (tertiary/aromatic N) is 8. The van der Waals surface area contributed by atoms with Crippen LogP contribution in [0.4, 0.5) is 57.9 Å². The molecule has 0 saturated heterocycles. The molecule has 0 unspecified atom stereocenters. The fourth-order valence-corrected chi connectivity index (χ4v) is 6.44. The fourth-order valence-electron chi connectivity index (χ4n) is 6.44. The normalized spacial score (nSPS) is 10.6. The molecule has 4 aromatic carbocycles. The molecule has 0 bridgehead atoms. The Labute approximate surface area is 483 Å². The number of nitrogens with one attached hydrogen (secondary N) is 1. The van der Waals surface area contributed by atoms with Crippen LogP contribution in [0.2, 0.25) is 0 Å². The molecule has 0 aliphatic heterocycles. The first-order valence-corrected chi connectivity index (χ1v) is 23.9. The van der Waals surface area contributed by atoms with Gasteiger partial charge in [0.1, 0.15) is 42.7 Å². The first-order chi connectivity index (χ1) is 41.1. The number of carboxylic acid groups (broad SMARTS) is 1. The number of amidine groups is 1. The third kappa shape index (κ3) is 21.0. The SMILES string of the molecule is CCO/C=C/C(=O)C(F)F.N=C(N)c1ccc(C(=O)CO)c([N+](=O)[O-])c1.Nc1cc(-c2nccc(C(F)F)n2)ccc1C(=O)CO.Nc1cc(-c2nccc(C(F)F)n2)ccc1C(=O)O.O=C(CO)c1ccc(-c2nccc(C(F)F)n2)cc1[N+](=O)[O-]. The Kier molecular flexibility index (Phi) is 27.4. The van der Waals surface area contributed by atoms with Gasteiger partial charge in [-0.25, -0.2) is 69.8 Å². The Morgan fingerprint density at radius 1 is 0.575 bits per heavy atom. The predicted octanol–water partition coefficient (Wildman–Crippen LogP) is 7.79. The number of aromatic nitrogens is 6. The molecule has 0 saturated carbocycles. The van der Waals surface area contributed by atoms with E-state index in [4.69, 9.17) is 43.0 Å². The van der Waals surface area contributed by atoms with E-state index in [1.807, 2.05) is 0 Å². The lowest BCUT2D eigenvalue weighted by Gasteiger charge is -2.07. The summed E-state index contributed by atoms with van der Waals surface area (Å²) in [6.45, 7) is -0.275. The summed E-state index contributed by atoms with van der Waals surface area (Å²) >= 11 is 0. The van der Waals surface area contributed by atoms with E-state index in [2.05, 4.69) is 34.6 Å². The van der Waals surface area contributed by atoms with Crippen LogP contribution >= 0.6 is 0 Å². The van der Waals surface area contributed by atoms with E-state index in [-0.39, 0.29) is 73.8 Å². The molecule has 7 aromatic rings. The molecular formula is C53H46F8N12O14. The highest BCUT2D eigenvalue weighted by molar-refractivity contribution is 6.04. The maximum atomic E-state index is 12.6. The zero-order valence-corrected chi connectivity index (χ0v) is 44.4.